The van der Waals surface area contributed by atoms with Crippen LogP contribution in [0.1, 0.15) is 0 Å². The van der Waals surface area contributed by atoms with Gasteiger partial charge in [0.2, 0.25) is 11.6 Å². The Kier molecular flexibility index (Phi) is 2.66. The largest absolute Gasteiger partial charge is 0.479 e. The Labute approximate surface area is 94.0 Å². The van der Waals surface area contributed by atoms with Gasteiger partial charge >= 0.3 is 25.5 Å². The molecule has 17 heavy (non-hydrogen) atoms. The summed E-state index contributed by atoms with van der Waals surface area (Å²) in [5, 5.41) is 36.1. The molecule has 0 amide bonds. The van der Waals surface area contributed by atoms with Gasteiger partial charge in [-0.3, -0.25) is 0 Å². The van der Waals surface area contributed by atoms with Crippen LogP contribution >= 0.6 is 0 Å². The second kappa shape index (κ2) is 4.13. The number of aromatic hydroxyl groups is 3. The standard InChI is InChI=1S/C6H5BN6O4/c14-4-9-1(8-3(7-17)12-4)2-10-5(15)13-6(16)11-2/h7,17H,(H,8,9,12,14)(H2,10,11,13,15,16). The third kappa shape index (κ3) is 2.34. The van der Waals surface area contributed by atoms with Gasteiger partial charge in [0.25, 0.3) is 0 Å². The molecule has 0 radical (unpaired) electrons. The Morgan fingerprint density at radius 2 is 1.12 bits per heavy atom. The van der Waals surface area contributed by atoms with Crippen molar-refractivity contribution in [1.82, 2.24) is 29.9 Å². The van der Waals surface area contributed by atoms with Crippen LogP contribution in [0.5, 0.6) is 18.0 Å². The molecule has 0 aliphatic heterocycles. The lowest BCUT2D eigenvalue weighted by Gasteiger charge is -2.01. The van der Waals surface area contributed by atoms with Crippen LogP contribution in [0, 0.1) is 0 Å². The quantitative estimate of drug-likeness (QED) is 0.391. The third-order valence-corrected chi connectivity index (χ3v) is 1.62. The Bertz CT molecular complexity index is 546. The summed E-state index contributed by atoms with van der Waals surface area (Å²) >= 11 is 0. The van der Waals surface area contributed by atoms with Gasteiger partial charge in [-0.25, -0.2) is 4.98 Å². The predicted octanol–water partition coefficient (Wildman–Crippen LogP) is -3.19. The molecule has 0 fully saturated rings. The minimum Gasteiger partial charge on any atom is -0.479 e. The summed E-state index contributed by atoms with van der Waals surface area (Å²) < 4.78 is 0. The van der Waals surface area contributed by atoms with E-state index in [4.69, 9.17) is 20.3 Å². The van der Waals surface area contributed by atoms with Crippen LogP contribution < -0.4 is 5.72 Å². The van der Waals surface area contributed by atoms with E-state index in [1.807, 2.05) is 0 Å². The van der Waals surface area contributed by atoms with Gasteiger partial charge < -0.3 is 20.3 Å². The van der Waals surface area contributed by atoms with E-state index < -0.39 is 25.5 Å². The molecule has 0 aromatic carbocycles. The van der Waals surface area contributed by atoms with Crippen molar-refractivity contribution in [2.75, 3.05) is 0 Å². The van der Waals surface area contributed by atoms with Crippen molar-refractivity contribution < 1.29 is 20.3 Å². The van der Waals surface area contributed by atoms with Crippen LogP contribution in [-0.4, -0.2) is 57.7 Å². The van der Waals surface area contributed by atoms with Crippen LogP contribution in [0.3, 0.4) is 0 Å². The minimum atomic E-state index is -0.724. The lowest BCUT2D eigenvalue weighted by Crippen LogP contribution is -2.23. The molecule has 0 unspecified atom stereocenters. The van der Waals surface area contributed by atoms with E-state index in [1.165, 1.54) is 0 Å². The summed E-state index contributed by atoms with van der Waals surface area (Å²) in [6.45, 7) is 0. The van der Waals surface area contributed by atoms with Crippen LogP contribution in [-0.2, 0) is 0 Å². The molecule has 0 spiro atoms. The molecule has 0 saturated heterocycles. The third-order valence-electron chi connectivity index (χ3n) is 1.62. The van der Waals surface area contributed by atoms with Gasteiger partial charge in [-0.2, -0.15) is 19.9 Å². The summed E-state index contributed by atoms with van der Waals surface area (Å²) in [6, 6.07) is -2.09. The van der Waals surface area contributed by atoms with Crippen molar-refractivity contribution in [3.05, 3.63) is 0 Å². The van der Waals surface area contributed by atoms with Gasteiger partial charge in [0.1, 0.15) is 5.72 Å². The van der Waals surface area contributed by atoms with Gasteiger partial charge in [0, 0.05) is 0 Å². The highest BCUT2D eigenvalue weighted by atomic mass is 16.3. The monoisotopic (exact) mass is 236 g/mol. The Balaban J connectivity index is 2.55. The Morgan fingerprint density at radius 1 is 0.647 bits per heavy atom. The molecular formula is C6H5BN6O4. The van der Waals surface area contributed by atoms with Gasteiger partial charge in [-0.1, -0.05) is 0 Å². The predicted molar refractivity (Wildman–Crippen MR) is 52.6 cm³/mol. The molecule has 11 heteroatoms. The van der Waals surface area contributed by atoms with Crippen molar-refractivity contribution in [3.8, 4) is 29.7 Å². The first-order chi connectivity index (χ1) is 8.08. The number of aromatic nitrogens is 6. The van der Waals surface area contributed by atoms with E-state index >= 15 is 0 Å². The number of nitrogens with zero attached hydrogens (tertiary/aromatic N) is 6. The molecule has 4 N–H and O–H groups in total. The van der Waals surface area contributed by atoms with Gasteiger partial charge in [0.05, 0.1) is 0 Å². The van der Waals surface area contributed by atoms with Crippen molar-refractivity contribution >= 4 is 13.2 Å². The average molecular weight is 236 g/mol. The van der Waals surface area contributed by atoms with E-state index in [1.54, 1.807) is 0 Å². The summed E-state index contributed by atoms with van der Waals surface area (Å²) in [7, 11) is -0.522. The number of hydrogen-bond acceptors (Lipinski definition) is 10. The topological polar surface area (TPSA) is 158 Å². The molecule has 0 aliphatic carbocycles. The fourth-order valence-corrected chi connectivity index (χ4v) is 1.03. The lowest BCUT2D eigenvalue weighted by molar-refractivity contribution is 0.383. The molecule has 2 aromatic rings. The molecule has 2 heterocycles. The van der Waals surface area contributed by atoms with Crippen LogP contribution in [0.4, 0.5) is 0 Å². The first kappa shape index (κ1) is 10.9. The normalized spacial score (nSPS) is 10.2. The van der Waals surface area contributed by atoms with Crippen molar-refractivity contribution in [2.45, 2.75) is 0 Å². The van der Waals surface area contributed by atoms with Crippen LogP contribution in [0.15, 0.2) is 0 Å². The Morgan fingerprint density at radius 3 is 1.65 bits per heavy atom. The molecule has 0 saturated carbocycles. The van der Waals surface area contributed by atoms with E-state index in [0.29, 0.717) is 0 Å². The molecule has 2 rings (SSSR count). The Hall–Kier alpha value is -2.56. The van der Waals surface area contributed by atoms with Gasteiger partial charge in [-0.15, -0.1) is 4.98 Å². The summed E-state index contributed by atoms with van der Waals surface area (Å²) in [6.07, 6.45) is 0. The molecule has 10 nitrogen and oxygen atoms in total. The highest BCUT2D eigenvalue weighted by molar-refractivity contribution is 6.42. The molecule has 86 valence electrons. The van der Waals surface area contributed by atoms with Crippen LogP contribution in [0.2, 0.25) is 0 Å². The molecule has 2 aromatic heterocycles. The number of hydrogen-bond donors (Lipinski definition) is 4. The zero-order valence-electron chi connectivity index (χ0n) is 8.18. The summed E-state index contributed by atoms with van der Waals surface area (Å²) in [4.78, 5) is 20.6. The second-order valence-corrected chi connectivity index (χ2v) is 2.79. The molecular weight excluding hydrogens is 231 g/mol. The van der Waals surface area contributed by atoms with Gasteiger partial charge in [0.15, 0.2) is 0 Å². The maximum atomic E-state index is 9.16. The first-order valence-corrected chi connectivity index (χ1v) is 4.27. The zero-order chi connectivity index (χ0) is 12.4. The first-order valence-electron chi connectivity index (χ1n) is 4.27. The minimum absolute atomic E-state index is 0.105. The summed E-state index contributed by atoms with van der Waals surface area (Å²) in [5.74, 6) is -0.475. The lowest BCUT2D eigenvalue weighted by atomic mass is 10.0. The van der Waals surface area contributed by atoms with Gasteiger partial charge in [-0.05, 0) is 0 Å². The zero-order valence-corrected chi connectivity index (χ0v) is 8.18. The van der Waals surface area contributed by atoms with Crippen LogP contribution in [0.25, 0.3) is 11.6 Å². The highest BCUT2D eigenvalue weighted by Gasteiger charge is 2.13. The molecule has 0 aliphatic rings. The van der Waals surface area contributed by atoms with E-state index in [-0.39, 0.29) is 17.4 Å². The van der Waals surface area contributed by atoms with Crippen molar-refractivity contribution in [3.63, 3.8) is 0 Å². The fourth-order valence-electron chi connectivity index (χ4n) is 1.03. The van der Waals surface area contributed by atoms with Crippen molar-refractivity contribution in [2.24, 2.45) is 0 Å². The fraction of sp³-hybridized carbons (Fsp3) is 0. The second-order valence-electron chi connectivity index (χ2n) is 2.79. The molecule has 0 bridgehead atoms. The molecule has 0 atom stereocenters. The maximum absolute atomic E-state index is 9.16. The van der Waals surface area contributed by atoms with E-state index in [0.717, 1.165) is 0 Å². The van der Waals surface area contributed by atoms with E-state index in [9.17, 15) is 0 Å². The highest BCUT2D eigenvalue weighted by Crippen LogP contribution is 2.14. The number of rotatable bonds is 2. The maximum Gasteiger partial charge on any atom is 0.350 e. The SMILES string of the molecule is OBc1nc(O)nc(-c2nc(O)nc(O)n2)n1. The summed E-state index contributed by atoms with van der Waals surface area (Å²) in [5.41, 5.74) is -0.105. The van der Waals surface area contributed by atoms with E-state index in [2.05, 4.69) is 29.9 Å². The van der Waals surface area contributed by atoms with Crippen molar-refractivity contribution in [1.29, 1.82) is 0 Å². The average Bonchev–Trinajstić information content (AvgIpc) is 2.26. The smallest absolute Gasteiger partial charge is 0.350 e.